The summed E-state index contributed by atoms with van der Waals surface area (Å²) in [6.45, 7) is 2.22. The van der Waals surface area contributed by atoms with Gasteiger partial charge in [-0.1, -0.05) is 0 Å². The summed E-state index contributed by atoms with van der Waals surface area (Å²) in [6.07, 6.45) is 1.49. The average molecular weight is 293 g/mol. The molecule has 5 N–H and O–H groups in total. The molecule has 0 radical (unpaired) electrons. The Hall–Kier alpha value is -2.77. The third kappa shape index (κ3) is 6.28. The number of methoxy groups -OCH3 is 1. The number of nitrogens with one attached hydrogen (secondary N) is 1. The second-order valence-corrected chi connectivity index (χ2v) is 4.01. The third-order valence-corrected chi connectivity index (χ3v) is 2.30. The molecule has 1 amide bonds. The first-order chi connectivity index (χ1) is 10.0. The lowest BCUT2D eigenvalue weighted by molar-refractivity contribution is -0.119. The number of guanidine groups is 1. The van der Waals surface area contributed by atoms with E-state index in [9.17, 15) is 4.79 Å². The van der Waals surface area contributed by atoms with Gasteiger partial charge < -0.3 is 26.3 Å². The number of hydrogen-bond acceptors (Lipinski definition) is 5. The van der Waals surface area contributed by atoms with E-state index < -0.39 is 0 Å². The molecular weight excluding hydrogens is 274 g/mol. The highest BCUT2D eigenvalue weighted by atomic mass is 16.5. The van der Waals surface area contributed by atoms with E-state index in [1.807, 2.05) is 0 Å². The zero-order valence-electron chi connectivity index (χ0n) is 12.0. The van der Waals surface area contributed by atoms with Gasteiger partial charge in [0.2, 0.25) is 11.9 Å². The topological polar surface area (TPSA) is 124 Å². The SMILES string of the molecule is COc1cc(C=NN=C(N)N)ccc1OCCNC(C)=O. The average Bonchev–Trinajstić information content (AvgIpc) is 2.43. The third-order valence-electron chi connectivity index (χ3n) is 2.30. The lowest BCUT2D eigenvalue weighted by atomic mass is 10.2. The van der Waals surface area contributed by atoms with Gasteiger partial charge in [0.1, 0.15) is 6.61 Å². The summed E-state index contributed by atoms with van der Waals surface area (Å²) < 4.78 is 10.8. The predicted molar refractivity (Wildman–Crippen MR) is 80.6 cm³/mol. The van der Waals surface area contributed by atoms with E-state index in [0.29, 0.717) is 24.7 Å². The van der Waals surface area contributed by atoms with Crippen LogP contribution in [-0.2, 0) is 4.79 Å². The van der Waals surface area contributed by atoms with Gasteiger partial charge in [0, 0.05) is 6.92 Å². The largest absolute Gasteiger partial charge is 0.493 e. The van der Waals surface area contributed by atoms with Crippen LogP contribution >= 0.6 is 0 Å². The summed E-state index contributed by atoms with van der Waals surface area (Å²) in [6, 6.07) is 5.25. The summed E-state index contributed by atoms with van der Waals surface area (Å²) in [5, 5.41) is 9.85. The molecule has 8 nitrogen and oxygen atoms in total. The first kappa shape index (κ1) is 16.3. The molecule has 1 aromatic carbocycles. The van der Waals surface area contributed by atoms with Crippen LogP contribution in [0.5, 0.6) is 11.5 Å². The van der Waals surface area contributed by atoms with Crippen molar-refractivity contribution in [2.24, 2.45) is 21.7 Å². The Labute approximate surface area is 122 Å². The Balaban J connectivity index is 2.68. The minimum absolute atomic E-state index is 0.100. The number of ether oxygens (including phenoxy) is 2. The number of amides is 1. The molecule has 0 aliphatic carbocycles. The zero-order chi connectivity index (χ0) is 15.7. The number of benzene rings is 1. The molecule has 0 aromatic heterocycles. The van der Waals surface area contributed by atoms with E-state index in [2.05, 4.69) is 15.5 Å². The molecule has 114 valence electrons. The van der Waals surface area contributed by atoms with E-state index in [1.54, 1.807) is 18.2 Å². The van der Waals surface area contributed by atoms with Crippen molar-refractivity contribution in [3.8, 4) is 11.5 Å². The van der Waals surface area contributed by atoms with Gasteiger partial charge in [0.15, 0.2) is 11.5 Å². The Morgan fingerprint density at radius 3 is 2.76 bits per heavy atom. The van der Waals surface area contributed by atoms with Crippen LogP contribution in [0.25, 0.3) is 0 Å². The summed E-state index contributed by atoms with van der Waals surface area (Å²) in [5.74, 6) is 0.904. The molecular formula is C13H19N5O3. The quantitative estimate of drug-likeness (QED) is 0.278. The maximum Gasteiger partial charge on any atom is 0.216 e. The van der Waals surface area contributed by atoms with Crippen molar-refractivity contribution in [2.75, 3.05) is 20.3 Å². The fourth-order valence-corrected chi connectivity index (χ4v) is 1.43. The molecule has 21 heavy (non-hydrogen) atoms. The van der Waals surface area contributed by atoms with E-state index >= 15 is 0 Å². The number of rotatable bonds is 7. The van der Waals surface area contributed by atoms with Crippen molar-refractivity contribution in [1.82, 2.24) is 5.32 Å². The highest BCUT2D eigenvalue weighted by molar-refractivity contribution is 5.82. The van der Waals surface area contributed by atoms with Gasteiger partial charge in [-0.2, -0.15) is 5.10 Å². The zero-order valence-corrected chi connectivity index (χ0v) is 12.0. The molecule has 0 aliphatic heterocycles. The molecule has 0 fully saturated rings. The molecule has 8 heteroatoms. The number of nitrogens with zero attached hydrogens (tertiary/aromatic N) is 2. The maximum atomic E-state index is 10.7. The highest BCUT2D eigenvalue weighted by Crippen LogP contribution is 2.27. The molecule has 0 atom stereocenters. The second-order valence-electron chi connectivity index (χ2n) is 4.01. The van der Waals surface area contributed by atoms with Crippen LogP contribution in [0.2, 0.25) is 0 Å². The summed E-state index contributed by atoms with van der Waals surface area (Å²) in [7, 11) is 1.53. The maximum absolute atomic E-state index is 10.7. The minimum Gasteiger partial charge on any atom is -0.493 e. The molecule has 0 saturated heterocycles. The molecule has 0 bridgehead atoms. The molecule has 0 saturated carbocycles. The predicted octanol–water partition coefficient (Wildman–Crippen LogP) is -0.183. The summed E-state index contributed by atoms with van der Waals surface area (Å²) in [5.41, 5.74) is 11.1. The minimum atomic E-state index is -0.115. The van der Waals surface area contributed by atoms with Crippen LogP contribution in [0.1, 0.15) is 12.5 Å². The standard InChI is InChI=1S/C13H19N5O3/c1-9(19)16-5-6-21-11-4-3-10(7-12(11)20-2)8-17-18-13(14)15/h3-4,7-8H,5-6H2,1-2H3,(H,16,19)(H4,14,15,18). The van der Waals surface area contributed by atoms with Crippen LogP contribution in [0.4, 0.5) is 0 Å². The number of carbonyl (C=O) groups is 1. The lowest BCUT2D eigenvalue weighted by Gasteiger charge is -2.11. The second kappa shape index (κ2) is 8.41. The van der Waals surface area contributed by atoms with Crippen LogP contribution in [0.15, 0.2) is 28.4 Å². The van der Waals surface area contributed by atoms with E-state index in [4.69, 9.17) is 20.9 Å². The summed E-state index contributed by atoms with van der Waals surface area (Å²) >= 11 is 0. The van der Waals surface area contributed by atoms with Crippen molar-refractivity contribution in [3.05, 3.63) is 23.8 Å². The van der Waals surface area contributed by atoms with Crippen molar-refractivity contribution in [3.63, 3.8) is 0 Å². The van der Waals surface area contributed by atoms with Crippen LogP contribution in [0.3, 0.4) is 0 Å². The first-order valence-electron chi connectivity index (χ1n) is 6.20. The monoisotopic (exact) mass is 293 g/mol. The van der Waals surface area contributed by atoms with Gasteiger partial charge in [-0.05, 0) is 23.8 Å². The Morgan fingerprint density at radius 2 is 2.14 bits per heavy atom. The van der Waals surface area contributed by atoms with Gasteiger partial charge in [-0.25, -0.2) is 0 Å². The fraction of sp³-hybridized carbons (Fsp3) is 0.308. The van der Waals surface area contributed by atoms with Gasteiger partial charge >= 0.3 is 0 Å². The molecule has 0 aliphatic rings. The summed E-state index contributed by atoms with van der Waals surface area (Å²) in [4.78, 5) is 10.7. The van der Waals surface area contributed by atoms with E-state index in [0.717, 1.165) is 5.56 Å². The molecule has 0 heterocycles. The molecule has 1 rings (SSSR count). The van der Waals surface area contributed by atoms with Gasteiger partial charge in [-0.15, -0.1) is 5.10 Å². The van der Waals surface area contributed by atoms with E-state index in [-0.39, 0.29) is 11.9 Å². The van der Waals surface area contributed by atoms with Crippen LogP contribution in [-0.4, -0.2) is 38.3 Å². The van der Waals surface area contributed by atoms with E-state index in [1.165, 1.54) is 20.2 Å². The van der Waals surface area contributed by atoms with Crippen LogP contribution < -0.4 is 26.3 Å². The van der Waals surface area contributed by atoms with Crippen molar-refractivity contribution in [1.29, 1.82) is 0 Å². The Morgan fingerprint density at radius 1 is 1.38 bits per heavy atom. The van der Waals surface area contributed by atoms with Gasteiger partial charge in [-0.3, -0.25) is 4.79 Å². The normalized spacial score (nSPS) is 10.2. The Bertz CT molecular complexity index is 539. The first-order valence-corrected chi connectivity index (χ1v) is 6.20. The van der Waals surface area contributed by atoms with Crippen molar-refractivity contribution in [2.45, 2.75) is 6.92 Å². The highest BCUT2D eigenvalue weighted by Gasteiger charge is 2.05. The molecule has 0 unspecified atom stereocenters. The number of nitrogens with two attached hydrogens (primary N) is 2. The van der Waals surface area contributed by atoms with Gasteiger partial charge in [0.25, 0.3) is 0 Å². The Kier molecular flexibility index (Phi) is 6.52. The molecule has 0 spiro atoms. The van der Waals surface area contributed by atoms with Crippen molar-refractivity contribution < 1.29 is 14.3 Å². The smallest absolute Gasteiger partial charge is 0.216 e. The fourth-order valence-electron chi connectivity index (χ4n) is 1.43. The number of carbonyl (C=O) groups excluding carboxylic acids is 1. The number of hydrogen-bond donors (Lipinski definition) is 3. The lowest BCUT2D eigenvalue weighted by Crippen LogP contribution is -2.25. The van der Waals surface area contributed by atoms with Crippen molar-refractivity contribution >= 4 is 18.1 Å². The van der Waals surface area contributed by atoms with Gasteiger partial charge in [0.05, 0.1) is 19.9 Å². The van der Waals surface area contributed by atoms with Crippen LogP contribution in [0, 0.1) is 0 Å². The molecule has 1 aromatic rings.